The first-order chi connectivity index (χ1) is 6.81. The quantitative estimate of drug-likeness (QED) is 0.778. The maximum absolute atomic E-state index is 12.0. The Morgan fingerprint density at radius 3 is 2.40 bits per heavy atom. The molecule has 0 radical (unpaired) electrons. The van der Waals surface area contributed by atoms with Crippen molar-refractivity contribution in [1.29, 1.82) is 0 Å². The molecule has 15 heavy (non-hydrogen) atoms. The molecule has 0 unspecified atom stereocenters. The fourth-order valence-electron chi connectivity index (χ4n) is 0.902. The molecule has 2 N–H and O–H groups in total. The summed E-state index contributed by atoms with van der Waals surface area (Å²) in [5.41, 5.74) is -5.11. The van der Waals surface area contributed by atoms with Gasteiger partial charge in [-0.3, -0.25) is 0 Å². The Morgan fingerprint density at radius 1 is 1.33 bits per heavy atom. The zero-order valence-corrected chi connectivity index (χ0v) is 7.89. The summed E-state index contributed by atoms with van der Waals surface area (Å²) in [5.74, 6) is -2.34. The number of thioether (sulfide) groups is 1. The van der Waals surface area contributed by atoms with Gasteiger partial charge in [0.25, 0.3) is 0 Å². The molecule has 0 bridgehead atoms. The number of hydrogen-bond donors (Lipinski definition) is 2. The minimum absolute atomic E-state index is 0.526. The Morgan fingerprint density at radius 2 is 1.93 bits per heavy atom. The van der Waals surface area contributed by atoms with E-state index in [4.69, 9.17) is 5.11 Å². The second kappa shape index (κ2) is 4.01. The van der Waals surface area contributed by atoms with E-state index in [1.807, 2.05) is 0 Å². The summed E-state index contributed by atoms with van der Waals surface area (Å²) in [6, 6.07) is 3.16. The number of rotatable bonds is 2. The lowest BCUT2D eigenvalue weighted by atomic mass is 10.2. The molecule has 0 spiro atoms. The van der Waals surface area contributed by atoms with Crippen molar-refractivity contribution in [3.63, 3.8) is 0 Å². The normalized spacial score (nSPS) is 11.4. The van der Waals surface area contributed by atoms with Gasteiger partial charge in [0.1, 0.15) is 11.3 Å². The summed E-state index contributed by atoms with van der Waals surface area (Å²) in [4.78, 5) is 9.96. The van der Waals surface area contributed by atoms with E-state index in [9.17, 15) is 23.1 Å². The predicted molar refractivity (Wildman–Crippen MR) is 47.0 cm³/mol. The highest BCUT2D eigenvalue weighted by Crippen LogP contribution is 2.42. The molecule has 82 valence electrons. The van der Waals surface area contributed by atoms with E-state index >= 15 is 0 Å². The zero-order chi connectivity index (χ0) is 11.6. The number of phenols is 1. The third-order valence-electron chi connectivity index (χ3n) is 1.46. The average molecular weight is 238 g/mol. The van der Waals surface area contributed by atoms with E-state index < -0.39 is 39.4 Å². The van der Waals surface area contributed by atoms with Gasteiger partial charge >= 0.3 is 11.5 Å². The number of carbonyl (C=O) groups is 1. The highest BCUT2D eigenvalue weighted by Gasteiger charge is 2.31. The van der Waals surface area contributed by atoms with Crippen LogP contribution < -0.4 is 0 Å². The smallest absolute Gasteiger partial charge is 0.446 e. The molecular weight excluding hydrogens is 233 g/mol. The first kappa shape index (κ1) is 11.7. The summed E-state index contributed by atoms with van der Waals surface area (Å²) in [6.07, 6.45) is 0. The fourth-order valence-corrected chi connectivity index (χ4v) is 1.50. The van der Waals surface area contributed by atoms with Crippen molar-refractivity contribution in [1.82, 2.24) is 0 Å². The van der Waals surface area contributed by atoms with E-state index in [1.54, 1.807) is 0 Å². The molecule has 0 aliphatic heterocycles. The zero-order valence-electron chi connectivity index (χ0n) is 7.08. The Balaban J connectivity index is 3.10. The number of carboxylic acid groups (broad SMARTS) is 1. The van der Waals surface area contributed by atoms with Gasteiger partial charge in [-0.25, -0.2) is 4.79 Å². The lowest BCUT2D eigenvalue weighted by Crippen LogP contribution is -2.01. The largest absolute Gasteiger partial charge is 0.506 e. The lowest BCUT2D eigenvalue weighted by Gasteiger charge is -2.08. The monoisotopic (exact) mass is 238 g/mol. The second-order valence-corrected chi connectivity index (χ2v) is 3.61. The third kappa shape index (κ3) is 3.05. The van der Waals surface area contributed by atoms with Gasteiger partial charge in [-0.15, -0.1) is 0 Å². The van der Waals surface area contributed by atoms with Crippen molar-refractivity contribution in [3.8, 4) is 5.75 Å². The van der Waals surface area contributed by atoms with Gasteiger partial charge in [0, 0.05) is 0 Å². The van der Waals surface area contributed by atoms with Gasteiger partial charge in [-0.1, -0.05) is 6.07 Å². The number of benzene rings is 1. The first-order valence-corrected chi connectivity index (χ1v) is 4.44. The van der Waals surface area contributed by atoms with Crippen molar-refractivity contribution in [2.24, 2.45) is 0 Å². The summed E-state index contributed by atoms with van der Waals surface area (Å²) in [6.45, 7) is 0. The van der Waals surface area contributed by atoms with Crippen LogP contribution in [0.1, 0.15) is 10.4 Å². The van der Waals surface area contributed by atoms with Crippen molar-refractivity contribution in [2.75, 3.05) is 0 Å². The summed E-state index contributed by atoms with van der Waals surface area (Å²) >= 11 is -0.554. The van der Waals surface area contributed by atoms with Crippen LogP contribution in [0.4, 0.5) is 13.2 Å². The van der Waals surface area contributed by atoms with Crippen LogP contribution in [0.2, 0.25) is 0 Å². The molecular formula is C8H5F3O3S. The van der Waals surface area contributed by atoms with Crippen molar-refractivity contribution < 1.29 is 28.2 Å². The Bertz CT molecular complexity index is 389. The molecule has 0 saturated heterocycles. The Labute approximate surface area is 86.5 Å². The fraction of sp³-hybridized carbons (Fsp3) is 0.125. The van der Waals surface area contributed by atoms with E-state index in [-0.39, 0.29) is 0 Å². The van der Waals surface area contributed by atoms with E-state index in [2.05, 4.69) is 0 Å². The molecule has 0 amide bonds. The van der Waals surface area contributed by atoms with E-state index in [0.29, 0.717) is 0 Å². The van der Waals surface area contributed by atoms with Gasteiger partial charge in [0.15, 0.2) is 0 Å². The SMILES string of the molecule is O=C(O)c1cccc(SC(F)(F)F)c1O. The minimum atomic E-state index is -4.56. The van der Waals surface area contributed by atoms with E-state index in [0.717, 1.165) is 18.2 Å². The summed E-state index contributed by atoms with van der Waals surface area (Å²) < 4.78 is 35.9. The molecule has 0 aliphatic carbocycles. The molecule has 1 rings (SSSR count). The molecule has 1 aromatic carbocycles. The van der Waals surface area contributed by atoms with E-state index in [1.165, 1.54) is 0 Å². The second-order valence-electron chi connectivity index (χ2n) is 2.51. The minimum Gasteiger partial charge on any atom is -0.506 e. The highest BCUT2D eigenvalue weighted by molar-refractivity contribution is 8.00. The summed E-state index contributed by atoms with van der Waals surface area (Å²) in [5, 5.41) is 17.8. The van der Waals surface area contributed by atoms with Gasteiger partial charge < -0.3 is 10.2 Å². The Kier molecular flexibility index (Phi) is 3.13. The van der Waals surface area contributed by atoms with Gasteiger partial charge in [0.05, 0.1) is 4.90 Å². The summed E-state index contributed by atoms with van der Waals surface area (Å²) in [7, 11) is 0. The van der Waals surface area contributed by atoms with Crippen LogP contribution in [0.15, 0.2) is 23.1 Å². The number of aromatic hydroxyl groups is 1. The molecule has 3 nitrogen and oxygen atoms in total. The molecule has 0 aromatic heterocycles. The number of hydrogen-bond acceptors (Lipinski definition) is 3. The standard InChI is InChI=1S/C8H5F3O3S/c9-8(10,11)15-5-3-1-2-4(6(5)12)7(13)14/h1-3,12H,(H,13,14). The number of carboxylic acids is 1. The number of halogens is 3. The van der Waals surface area contributed by atoms with Crippen molar-refractivity contribution in [2.45, 2.75) is 10.4 Å². The molecule has 0 heterocycles. The van der Waals surface area contributed by atoms with Crippen LogP contribution in [0.5, 0.6) is 5.75 Å². The first-order valence-electron chi connectivity index (χ1n) is 3.62. The molecule has 1 aromatic rings. The lowest BCUT2D eigenvalue weighted by molar-refractivity contribution is -0.0329. The van der Waals surface area contributed by atoms with Crippen molar-refractivity contribution >= 4 is 17.7 Å². The number of para-hydroxylation sites is 1. The molecule has 0 aliphatic rings. The molecule has 7 heteroatoms. The predicted octanol–water partition coefficient (Wildman–Crippen LogP) is 2.70. The maximum atomic E-state index is 12.0. The Hall–Kier alpha value is -1.37. The van der Waals surface area contributed by atoms with Crippen LogP contribution in [0, 0.1) is 0 Å². The van der Waals surface area contributed by atoms with Crippen LogP contribution in [-0.2, 0) is 0 Å². The van der Waals surface area contributed by atoms with Crippen LogP contribution >= 0.6 is 11.8 Å². The van der Waals surface area contributed by atoms with Crippen LogP contribution in [0.3, 0.4) is 0 Å². The van der Waals surface area contributed by atoms with Gasteiger partial charge in [-0.05, 0) is 23.9 Å². The molecule has 0 fully saturated rings. The average Bonchev–Trinajstić information content (AvgIpc) is 2.05. The van der Waals surface area contributed by atoms with Gasteiger partial charge in [0.2, 0.25) is 0 Å². The molecule has 0 atom stereocenters. The third-order valence-corrected chi connectivity index (χ3v) is 2.24. The van der Waals surface area contributed by atoms with Crippen LogP contribution in [-0.4, -0.2) is 21.7 Å². The molecule has 0 saturated carbocycles. The highest BCUT2D eigenvalue weighted by atomic mass is 32.2. The van der Waals surface area contributed by atoms with Crippen LogP contribution in [0.25, 0.3) is 0 Å². The topological polar surface area (TPSA) is 57.5 Å². The van der Waals surface area contributed by atoms with Crippen molar-refractivity contribution in [3.05, 3.63) is 23.8 Å². The number of alkyl halides is 3. The van der Waals surface area contributed by atoms with Gasteiger partial charge in [-0.2, -0.15) is 13.2 Å². The number of aromatic carboxylic acids is 1. The maximum Gasteiger partial charge on any atom is 0.446 e.